The highest BCUT2D eigenvalue weighted by Gasteiger charge is 1.92. The van der Waals surface area contributed by atoms with Crippen molar-refractivity contribution in [1.29, 1.82) is 0 Å². The summed E-state index contributed by atoms with van der Waals surface area (Å²) in [5.41, 5.74) is 2.41. The molecule has 3 N–H and O–H groups in total. The molecule has 0 aromatic carbocycles. The average molecular weight is 156 g/mol. The number of nitrogens with two attached hydrogens (primary N) is 1. The van der Waals surface area contributed by atoms with Gasteiger partial charge in [0.15, 0.2) is 5.82 Å². The maximum Gasteiger partial charge on any atom is 0.159 e. The zero-order valence-electron chi connectivity index (χ0n) is 5.53. The van der Waals surface area contributed by atoms with Gasteiger partial charge < -0.3 is 5.43 Å². The van der Waals surface area contributed by atoms with Gasteiger partial charge in [-0.25, -0.2) is 10.8 Å². The Morgan fingerprint density at radius 2 is 2.40 bits per heavy atom. The van der Waals surface area contributed by atoms with Crippen molar-refractivity contribution in [3.63, 3.8) is 0 Å². The second kappa shape index (κ2) is 3.38. The lowest BCUT2D eigenvalue weighted by Crippen LogP contribution is -2.08. The zero-order valence-corrected chi connectivity index (χ0v) is 6.35. The molecule has 0 fully saturated rings. The fourth-order valence-corrected chi connectivity index (χ4v) is 0.872. The maximum atomic E-state index is 5.11. The van der Waals surface area contributed by atoms with E-state index in [1.165, 1.54) is 11.8 Å². The number of anilines is 1. The van der Waals surface area contributed by atoms with Gasteiger partial charge in [-0.15, -0.1) is 11.8 Å². The minimum absolute atomic E-state index is 0.590. The van der Waals surface area contributed by atoms with E-state index >= 15 is 0 Å². The molecule has 0 spiro atoms. The third-order valence-electron chi connectivity index (χ3n) is 0.969. The second-order valence-electron chi connectivity index (χ2n) is 1.59. The van der Waals surface area contributed by atoms with Crippen molar-refractivity contribution < 1.29 is 0 Å². The van der Waals surface area contributed by atoms with Crippen LogP contribution in [0.2, 0.25) is 0 Å². The largest absolute Gasteiger partial charge is 0.307 e. The lowest BCUT2D eigenvalue weighted by atomic mass is 10.7. The molecule has 0 aliphatic carbocycles. The minimum atomic E-state index is 0.590. The quantitative estimate of drug-likeness (QED) is 0.370. The SMILES string of the molecule is CSc1cncc(NN)n1. The molecule has 0 amide bonds. The van der Waals surface area contributed by atoms with Gasteiger partial charge in [0.25, 0.3) is 0 Å². The Morgan fingerprint density at radius 1 is 1.60 bits per heavy atom. The summed E-state index contributed by atoms with van der Waals surface area (Å²) in [5.74, 6) is 5.70. The first-order valence-corrected chi connectivity index (χ1v) is 3.92. The molecular weight excluding hydrogens is 148 g/mol. The lowest BCUT2D eigenvalue weighted by molar-refractivity contribution is 1.04. The summed E-state index contributed by atoms with van der Waals surface area (Å²) in [4.78, 5) is 7.97. The number of nitrogen functional groups attached to an aromatic ring is 1. The summed E-state index contributed by atoms with van der Waals surface area (Å²) < 4.78 is 0. The van der Waals surface area contributed by atoms with E-state index in [0.29, 0.717) is 5.82 Å². The number of hydrazine groups is 1. The van der Waals surface area contributed by atoms with Crippen molar-refractivity contribution in [2.75, 3.05) is 11.7 Å². The third kappa shape index (κ3) is 1.58. The fourth-order valence-electron chi connectivity index (χ4n) is 0.516. The first kappa shape index (κ1) is 7.30. The first-order valence-electron chi connectivity index (χ1n) is 2.69. The summed E-state index contributed by atoms with van der Waals surface area (Å²) in [6, 6.07) is 0. The van der Waals surface area contributed by atoms with Crippen LogP contribution in [0.4, 0.5) is 5.82 Å². The summed E-state index contributed by atoms with van der Waals surface area (Å²) in [6.45, 7) is 0. The molecule has 4 nitrogen and oxygen atoms in total. The van der Waals surface area contributed by atoms with Crippen LogP contribution in [-0.4, -0.2) is 16.2 Å². The minimum Gasteiger partial charge on any atom is -0.307 e. The van der Waals surface area contributed by atoms with Crippen LogP contribution in [0.25, 0.3) is 0 Å². The van der Waals surface area contributed by atoms with Crippen LogP contribution in [-0.2, 0) is 0 Å². The average Bonchev–Trinajstić information content (AvgIpc) is 2.05. The lowest BCUT2D eigenvalue weighted by Gasteiger charge is -1.98. The Balaban J connectivity index is 2.87. The molecule has 0 aliphatic rings. The zero-order chi connectivity index (χ0) is 7.40. The predicted octanol–water partition coefficient (Wildman–Crippen LogP) is 0.484. The van der Waals surface area contributed by atoms with Crippen molar-refractivity contribution in [2.24, 2.45) is 5.84 Å². The third-order valence-corrected chi connectivity index (χ3v) is 1.58. The van der Waals surface area contributed by atoms with Gasteiger partial charge in [0.1, 0.15) is 5.03 Å². The Hall–Kier alpha value is -0.810. The highest BCUT2D eigenvalue weighted by molar-refractivity contribution is 7.98. The molecule has 1 aromatic heterocycles. The molecular formula is C5H8N4S. The van der Waals surface area contributed by atoms with Gasteiger partial charge in [-0.3, -0.25) is 4.98 Å². The van der Waals surface area contributed by atoms with E-state index < -0.39 is 0 Å². The van der Waals surface area contributed by atoms with Crippen molar-refractivity contribution in [3.05, 3.63) is 12.4 Å². The van der Waals surface area contributed by atoms with Crippen LogP contribution in [0, 0.1) is 0 Å². The molecule has 54 valence electrons. The molecule has 0 atom stereocenters. The number of hydrogen-bond donors (Lipinski definition) is 2. The summed E-state index contributed by atoms with van der Waals surface area (Å²) in [5, 5.41) is 0.857. The summed E-state index contributed by atoms with van der Waals surface area (Å²) >= 11 is 1.53. The molecule has 0 saturated carbocycles. The Morgan fingerprint density at radius 3 is 3.00 bits per heavy atom. The standard InChI is InChI=1S/C5H8N4S/c1-10-5-3-7-2-4(8-5)9-6/h2-3H,6H2,1H3,(H,8,9). The van der Waals surface area contributed by atoms with Crippen molar-refractivity contribution in [3.8, 4) is 0 Å². The normalized spacial score (nSPS) is 9.40. The van der Waals surface area contributed by atoms with Crippen LogP contribution in [0.5, 0.6) is 0 Å². The van der Waals surface area contributed by atoms with Crippen LogP contribution in [0.3, 0.4) is 0 Å². The molecule has 1 aromatic rings. The van der Waals surface area contributed by atoms with Crippen LogP contribution >= 0.6 is 11.8 Å². The van der Waals surface area contributed by atoms with E-state index in [-0.39, 0.29) is 0 Å². The van der Waals surface area contributed by atoms with Gasteiger partial charge in [0.2, 0.25) is 0 Å². The molecule has 5 heteroatoms. The van der Waals surface area contributed by atoms with Gasteiger partial charge in [-0.2, -0.15) is 0 Å². The number of aromatic nitrogens is 2. The first-order chi connectivity index (χ1) is 4.86. The summed E-state index contributed by atoms with van der Waals surface area (Å²) in [7, 11) is 0. The van der Waals surface area contributed by atoms with E-state index in [2.05, 4.69) is 15.4 Å². The monoisotopic (exact) mass is 156 g/mol. The molecule has 0 radical (unpaired) electrons. The molecule has 0 aliphatic heterocycles. The smallest absolute Gasteiger partial charge is 0.159 e. The van der Waals surface area contributed by atoms with Gasteiger partial charge in [0, 0.05) is 0 Å². The van der Waals surface area contributed by atoms with Crippen LogP contribution in [0.1, 0.15) is 0 Å². The number of thioether (sulfide) groups is 1. The number of nitrogens with one attached hydrogen (secondary N) is 1. The highest BCUT2D eigenvalue weighted by Crippen LogP contribution is 2.10. The predicted molar refractivity (Wildman–Crippen MR) is 41.6 cm³/mol. The van der Waals surface area contributed by atoms with Gasteiger partial charge in [-0.1, -0.05) is 0 Å². The molecule has 0 unspecified atom stereocenters. The van der Waals surface area contributed by atoms with E-state index in [9.17, 15) is 0 Å². The summed E-state index contributed by atoms with van der Waals surface area (Å²) in [6.07, 6.45) is 5.19. The van der Waals surface area contributed by atoms with Crippen molar-refractivity contribution >= 4 is 17.6 Å². The Labute approximate surface area is 63.2 Å². The number of hydrogen-bond acceptors (Lipinski definition) is 5. The fraction of sp³-hybridized carbons (Fsp3) is 0.200. The van der Waals surface area contributed by atoms with Crippen LogP contribution in [0.15, 0.2) is 17.4 Å². The Bertz CT molecular complexity index is 195. The number of rotatable bonds is 2. The molecule has 10 heavy (non-hydrogen) atoms. The molecule has 0 bridgehead atoms. The van der Waals surface area contributed by atoms with Crippen LogP contribution < -0.4 is 11.3 Å². The molecule has 1 heterocycles. The second-order valence-corrected chi connectivity index (χ2v) is 2.42. The van der Waals surface area contributed by atoms with Crippen molar-refractivity contribution in [1.82, 2.24) is 9.97 Å². The highest BCUT2D eigenvalue weighted by atomic mass is 32.2. The van der Waals surface area contributed by atoms with Crippen molar-refractivity contribution in [2.45, 2.75) is 5.03 Å². The van der Waals surface area contributed by atoms with Gasteiger partial charge in [-0.05, 0) is 6.26 Å². The van der Waals surface area contributed by atoms with E-state index in [0.717, 1.165) is 5.03 Å². The maximum absolute atomic E-state index is 5.11. The Kier molecular flexibility index (Phi) is 2.47. The van der Waals surface area contributed by atoms with Gasteiger partial charge in [0.05, 0.1) is 12.4 Å². The molecule has 0 saturated heterocycles. The van der Waals surface area contributed by atoms with E-state index in [1.54, 1.807) is 12.4 Å². The molecule has 1 rings (SSSR count). The van der Waals surface area contributed by atoms with E-state index in [1.807, 2.05) is 6.26 Å². The van der Waals surface area contributed by atoms with E-state index in [4.69, 9.17) is 5.84 Å². The topological polar surface area (TPSA) is 63.8 Å². The van der Waals surface area contributed by atoms with Gasteiger partial charge >= 0.3 is 0 Å². The number of nitrogens with zero attached hydrogens (tertiary/aromatic N) is 2.